The zero-order valence-electron chi connectivity index (χ0n) is 17.3. The number of carbonyl (C=O) groups is 1. The number of anilines is 1. The fourth-order valence-electron chi connectivity index (χ4n) is 4.94. The highest BCUT2D eigenvalue weighted by molar-refractivity contribution is 6.02. The molecule has 31 heavy (non-hydrogen) atoms. The Morgan fingerprint density at radius 1 is 1.03 bits per heavy atom. The number of aromatic nitrogens is 1. The second-order valence-electron chi connectivity index (χ2n) is 8.25. The van der Waals surface area contributed by atoms with Gasteiger partial charge in [-0.2, -0.15) is 0 Å². The lowest BCUT2D eigenvalue weighted by molar-refractivity contribution is 0.0634. The number of H-pyrrole nitrogens is 1. The van der Waals surface area contributed by atoms with Gasteiger partial charge in [-0.15, -0.1) is 0 Å². The van der Waals surface area contributed by atoms with Crippen LogP contribution >= 0.6 is 0 Å². The van der Waals surface area contributed by atoms with Crippen LogP contribution in [0.1, 0.15) is 33.3 Å². The number of aromatic amines is 1. The number of nitrogens with one attached hydrogen (secondary N) is 1. The molecule has 0 aliphatic carbocycles. The van der Waals surface area contributed by atoms with Crippen molar-refractivity contribution < 1.29 is 9.53 Å². The molecule has 3 heterocycles. The Balaban J connectivity index is 1.37. The molecule has 3 aromatic carbocycles. The Kier molecular flexibility index (Phi) is 4.03. The fourth-order valence-corrected chi connectivity index (χ4v) is 4.94. The Morgan fingerprint density at radius 3 is 2.71 bits per heavy atom. The van der Waals surface area contributed by atoms with Gasteiger partial charge in [0, 0.05) is 24.5 Å². The summed E-state index contributed by atoms with van der Waals surface area (Å²) in [6.45, 7) is 1.25. The van der Waals surface area contributed by atoms with E-state index >= 15 is 0 Å². The lowest BCUT2D eigenvalue weighted by Gasteiger charge is -2.46. The normalized spacial score (nSPS) is 17.3. The summed E-state index contributed by atoms with van der Waals surface area (Å²) < 4.78 is 6.06. The van der Waals surface area contributed by atoms with E-state index in [4.69, 9.17) is 4.74 Å². The fraction of sp³-hybridized carbons (Fsp3) is 0.192. The molecule has 154 valence electrons. The van der Waals surface area contributed by atoms with E-state index < -0.39 is 0 Å². The van der Waals surface area contributed by atoms with E-state index in [1.165, 1.54) is 10.9 Å². The summed E-state index contributed by atoms with van der Waals surface area (Å²) in [5, 5.41) is 1.18. The monoisotopic (exact) mass is 409 g/mol. The SMILES string of the molecule is CN1c2ccccc2C(=O)N2CCc3c([nH]c4ccc(OCc5ccccc5)cc34)[C@H]21. The zero-order valence-corrected chi connectivity index (χ0v) is 17.3. The molecule has 6 rings (SSSR count). The topological polar surface area (TPSA) is 48.6 Å². The first-order valence-electron chi connectivity index (χ1n) is 10.6. The molecule has 5 heteroatoms. The van der Waals surface area contributed by atoms with Gasteiger partial charge in [0.2, 0.25) is 0 Å². The molecule has 0 fully saturated rings. The van der Waals surface area contributed by atoms with Gasteiger partial charge in [0.1, 0.15) is 18.5 Å². The summed E-state index contributed by atoms with van der Waals surface area (Å²) in [7, 11) is 2.07. The predicted octanol–water partition coefficient (Wildman–Crippen LogP) is 4.89. The van der Waals surface area contributed by atoms with Crippen LogP contribution < -0.4 is 9.64 Å². The van der Waals surface area contributed by atoms with Crippen LogP contribution in [0.4, 0.5) is 5.69 Å². The van der Waals surface area contributed by atoms with E-state index in [-0.39, 0.29) is 12.1 Å². The largest absolute Gasteiger partial charge is 0.489 e. The molecular formula is C26H23N3O2. The number of amides is 1. The van der Waals surface area contributed by atoms with Crippen molar-refractivity contribution in [2.75, 3.05) is 18.5 Å². The van der Waals surface area contributed by atoms with Crippen molar-refractivity contribution in [1.82, 2.24) is 9.88 Å². The molecule has 0 radical (unpaired) electrons. The van der Waals surface area contributed by atoms with E-state index in [2.05, 4.69) is 41.2 Å². The van der Waals surface area contributed by atoms with Crippen molar-refractivity contribution in [3.8, 4) is 5.75 Å². The van der Waals surface area contributed by atoms with Crippen molar-refractivity contribution in [3.63, 3.8) is 0 Å². The average Bonchev–Trinajstić information content (AvgIpc) is 3.19. The average molecular weight is 409 g/mol. The highest BCUT2D eigenvalue weighted by atomic mass is 16.5. The van der Waals surface area contributed by atoms with Gasteiger partial charge in [-0.1, -0.05) is 42.5 Å². The van der Waals surface area contributed by atoms with E-state index in [1.807, 2.05) is 53.4 Å². The van der Waals surface area contributed by atoms with Crippen LogP contribution in [0.15, 0.2) is 72.8 Å². The first-order chi connectivity index (χ1) is 15.2. The number of nitrogens with zero attached hydrogens (tertiary/aromatic N) is 2. The van der Waals surface area contributed by atoms with Crippen molar-refractivity contribution in [1.29, 1.82) is 0 Å². The maximum absolute atomic E-state index is 13.2. The third-order valence-corrected chi connectivity index (χ3v) is 6.46. The van der Waals surface area contributed by atoms with E-state index in [0.29, 0.717) is 13.2 Å². The summed E-state index contributed by atoms with van der Waals surface area (Å²) >= 11 is 0. The summed E-state index contributed by atoms with van der Waals surface area (Å²) in [4.78, 5) is 21.0. The molecular weight excluding hydrogens is 386 g/mol. The second-order valence-corrected chi connectivity index (χ2v) is 8.25. The molecule has 0 bridgehead atoms. The van der Waals surface area contributed by atoms with Gasteiger partial charge in [0.05, 0.1) is 16.9 Å². The molecule has 2 aliphatic rings. The van der Waals surface area contributed by atoms with Gasteiger partial charge in [0.15, 0.2) is 0 Å². The maximum atomic E-state index is 13.2. The number of para-hydroxylation sites is 1. The number of ether oxygens (including phenoxy) is 1. The summed E-state index contributed by atoms with van der Waals surface area (Å²) in [6, 6.07) is 24.3. The lowest BCUT2D eigenvalue weighted by Crippen LogP contribution is -2.51. The smallest absolute Gasteiger partial charge is 0.257 e. The number of fused-ring (bicyclic) bond motifs is 6. The molecule has 1 amide bonds. The van der Waals surface area contributed by atoms with Gasteiger partial charge in [-0.3, -0.25) is 4.79 Å². The first kappa shape index (κ1) is 18.1. The molecule has 4 aromatic rings. The highest BCUT2D eigenvalue weighted by Crippen LogP contribution is 2.43. The zero-order chi connectivity index (χ0) is 20.9. The molecule has 0 spiro atoms. The lowest BCUT2D eigenvalue weighted by atomic mass is 9.96. The second kappa shape index (κ2) is 6.91. The number of hydrogen-bond donors (Lipinski definition) is 1. The summed E-state index contributed by atoms with van der Waals surface area (Å²) in [5.41, 5.74) is 6.37. The Bertz CT molecular complexity index is 1290. The molecule has 1 aromatic heterocycles. The van der Waals surface area contributed by atoms with Crippen molar-refractivity contribution in [2.45, 2.75) is 19.2 Å². The Morgan fingerprint density at radius 2 is 1.84 bits per heavy atom. The minimum Gasteiger partial charge on any atom is -0.489 e. The summed E-state index contributed by atoms with van der Waals surface area (Å²) in [5.74, 6) is 0.967. The first-order valence-corrected chi connectivity index (χ1v) is 10.6. The van der Waals surface area contributed by atoms with E-state index in [9.17, 15) is 4.79 Å². The van der Waals surface area contributed by atoms with Gasteiger partial charge in [-0.05, 0) is 47.9 Å². The van der Waals surface area contributed by atoms with Crippen molar-refractivity contribution in [3.05, 3.63) is 95.2 Å². The minimum absolute atomic E-state index is 0.106. The number of benzene rings is 3. The third kappa shape index (κ3) is 2.81. The molecule has 2 aliphatic heterocycles. The molecule has 1 atom stereocenters. The Labute approximate surface area is 180 Å². The molecule has 0 saturated heterocycles. The van der Waals surface area contributed by atoms with Crippen LogP contribution in [0, 0.1) is 0 Å². The molecule has 0 saturated carbocycles. The van der Waals surface area contributed by atoms with Gasteiger partial charge in [-0.25, -0.2) is 0 Å². The summed E-state index contributed by atoms with van der Waals surface area (Å²) in [6.07, 6.45) is 0.711. The van der Waals surface area contributed by atoms with Crippen LogP contribution in [0.25, 0.3) is 10.9 Å². The number of hydrogen-bond acceptors (Lipinski definition) is 3. The highest BCUT2D eigenvalue weighted by Gasteiger charge is 2.41. The van der Waals surface area contributed by atoms with E-state index in [1.54, 1.807) is 0 Å². The quantitative estimate of drug-likeness (QED) is 0.524. The predicted molar refractivity (Wildman–Crippen MR) is 121 cm³/mol. The van der Waals surface area contributed by atoms with Crippen LogP contribution in [-0.4, -0.2) is 29.4 Å². The molecule has 1 N–H and O–H groups in total. The van der Waals surface area contributed by atoms with Crippen LogP contribution in [0.2, 0.25) is 0 Å². The molecule has 0 unspecified atom stereocenters. The van der Waals surface area contributed by atoms with Gasteiger partial charge in [0.25, 0.3) is 5.91 Å². The van der Waals surface area contributed by atoms with Crippen molar-refractivity contribution in [2.24, 2.45) is 0 Å². The van der Waals surface area contributed by atoms with Crippen LogP contribution in [0.3, 0.4) is 0 Å². The number of carbonyl (C=O) groups excluding carboxylic acids is 1. The molecule has 5 nitrogen and oxygen atoms in total. The van der Waals surface area contributed by atoms with Gasteiger partial charge < -0.3 is 19.5 Å². The maximum Gasteiger partial charge on any atom is 0.257 e. The van der Waals surface area contributed by atoms with Crippen LogP contribution in [0.5, 0.6) is 5.75 Å². The van der Waals surface area contributed by atoms with E-state index in [0.717, 1.165) is 40.2 Å². The van der Waals surface area contributed by atoms with Crippen molar-refractivity contribution >= 4 is 22.5 Å². The standard InChI is InChI=1S/C26H23N3O2/c1-28-23-10-6-5-9-20(23)26(30)29-14-13-19-21-15-18(31-16-17-7-3-2-4-8-17)11-12-22(21)27-24(19)25(28)29/h2-12,15,25,27H,13-14,16H2,1H3/t25-/m0/s1. The van der Waals surface area contributed by atoms with Gasteiger partial charge >= 0.3 is 0 Å². The minimum atomic E-state index is -0.118. The Hall–Kier alpha value is -3.73. The third-order valence-electron chi connectivity index (χ3n) is 6.46. The number of rotatable bonds is 3. The van der Waals surface area contributed by atoms with Crippen LogP contribution in [-0.2, 0) is 13.0 Å².